The highest BCUT2D eigenvalue weighted by Gasteiger charge is 2.17. The monoisotopic (exact) mass is 420 g/mol. The Kier molecular flexibility index (Phi) is 5.40. The molecule has 0 spiro atoms. The lowest BCUT2D eigenvalue weighted by atomic mass is 10.1. The van der Waals surface area contributed by atoms with E-state index in [2.05, 4.69) is 26.8 Å². The SMILES string of the molecule is C=CCn1c(-c2cccc(Cl)c2)cn2cc(C(=O)NCc3ccncn3)nc2c1=O. The number of allylic oxidation sites excluding steroid dienone is 1. The summed E-state index contributed by atoms with van der Waals surface area (Å²) < 4.78 is 3.10. The van der Waals surface area contributed by atoms with Crippen LogP contribution in [-0.2, 0) is 13.1 Å². The van der Waals surface area contributed by atoms with Gasteiger partial charge in [0.2, 0.25) is 5.65 Å². The average Bonchev–Trinajstić information content (AvgIpc) is 3.19. The number of nitrogens with one attached hydrogen (secondary N) is 1. The van der Waals surface area contributed by atoms with Gasteiger partial charge in [0, 0.05) is 35.7 Å². The summed E-state index contributed by atoms with van der Waals surface area (Å²) in [6.07, 6.45) is 7.91. The van der Waals surface area contributed by atoms with Crippen LogP contribution in [0.1, 0.15) is 16.2 Å². The van der Waals surface area contributed by atoms with Gasteiger partial charge in [0.1, 0.15) is 12.0 Å². The van der Waals surface area contributed by atoms with Crippen LogP contribution >= 0.6 is 11.6 Å². The van der Waals surface area contributed by atoms with Crippen molar-refractivity contribution in [2.45, 2.75) is 13.1 Å². The fourth-order valence-corrected chi connectivity index (χ4v) is 3.25. The molecule has 0 aliphatic carbocycles. The van der Waals surface area contributed by atoms with Gasteiger partial charge in [-0.3, -0.25) is 18.6 Å². The molecule has 30 heavy (non-hydrogen) atoms. The van der Waals surface area contributed by atoms with Crippen LogP contribution in [0, 0.1) is 0 Å². The summed E-state index contributed by atoms with van der Waals surface area (Å²) in [7, 11) is 0. The van der Waals surface area contributed by atoms with E-state index >= 15 is 0 Å². The zero-order valence-electron chi connectivity index (χ0n) is 15.8. The first-order chi connectivity index (χ1) is 14.6. The second-order valence-electron chi connectivity index (χ2n) is 6.47. The van der Waals surface area contributed by atoms with E-state index in [0.29, 0.717) is 23.0 Å². The lowest BCUT2D eigenvalue weighted by Crippen LogP contribution is -2.24. The lowest BCUT2D eigenvalue weighted by molar-refractivity contribution is 0.0946. The molecule has 8 nitrogen and oxygen atoms in total. The van der Waals surface area contributed by atoms with E-state index in [1.165, 1.54) is 12.5 Å². The van der Waals surface area contributed by atoms with Crippen LogP contribution in [0.15, 0.2) is 72.7 Å². The molecule has 0 saturated carbocycles. The molecule has 3 aromatic heterocycles. The maximum atomic E-state index is 13.1. The highest BCUT2D eigenvalue weighted by molar-refractivity contribution is 6.30. The molecular weight excluding hydrogens is 404 g/mol. The number of nitrogens with zero attached hydrogens (tertiary/aromatic N) is 5. The molecule has 0 aliphatic heterocycles. The average molecular weight is 421 g/mol. The number of imidazole rings is 1. The van der Waals surface area contributed by atoms with Gasteiger partial charge in [0.25, 0.3) is 11.5 Å². The quantitative estimate of drug-likeness (QED) is 0.484. The van der Waals surface area contributed by atoms with E-state index in [1.807, 2.05) is 12.1 Å². The molecule has 0 unspecified atom stereocenters. The molecule has 3 heterocycles. The Balaban J connectivity index is 1.73. The van der Waals surface area contributed by atoms with E-state index in [0.717, 1.165) is 5.56 Å². The molecule has 4 aromatic rings. The Labute approximate surface area is 176 Å². The number of carbonyl (C=O) groups is 1. The molecule has 1 aromatic carbocycles. The Morgan fingerprint density at radius 1 is 1.27 bits per heavy atom. The third-order valence-electron chi connectivity index (χ3n) is 4.46. The zero-order chi connectivity index (χ0) is 21.1. The number of benzene rings is 1. The van der Waals surface area contributed by atoms with E-state index < -0.39 is 5.91 Å². The third-order valence-corrected chi connectivity index (χ3v) is 4.69. The number of amides is 1. The van der Waals surface area contributed by atoms with Gasteiger partial charge in [-0.25, -0.2) is 15.0 Å². The maximum Gasteiger partial charge on any atom is 0.295 e. The van der Waals surface area contributed by atoms with Crippen molar-refractivity contribution in [3.8, 4) is 11.3 Å². The number of rotatable bonds is 6. The van der Waals surface area contributed by atoms with E-state index in [9.17, 15) is 9.59 Å². The van der Waals surface area contributed by atoms with Gasteiger partial charge in [-0.1, -0.05) is 29.8 Å². The van der Waals surface area contributed by atoms with Crippen LogP contribution in [0.3, 0.4) is 0 Å². The molecule has 150 valence electrons. The molecule has 0 aliphatic rings. The number of aromatic nitrogens is 5. The van der Waals surface area contributed by atoms with Crippen molar-refractivity contribution in [2.24, 2.45) is 0 Å². The summed E-state index contributed by atoms with van der Waals surface area (Å²) >= 11 is 6.12. The van der Waals surface area contributed by atoms with E-state index in [4.69, 9.17) is 11.6 Å². The van der Waals surface area contributed by atoms with E-state index in [-0.39, 0.29) is 23.4 Å². The predicted octanol–water partition coefficient (Wildman–Crippen LogP) is 2.72. The van der Waals surface area contributed by atoms with Crippen molar-refractivity contribution in [1.29, 1.82) is 0 Å². The first-order valence-electron chi connectivity index (χ1n) is 9.09. The Bertz CT molecular complexity index is 1300. The normalized spacial score (nSPS) is 10.8. The Hall–Kier alpha value is -3.78. The van der Waals surface area contributed by atoms with Gasteiger partial charge in [0.15, 0.2) is 0 Å². The minimum atomic E-state index is -0.406. The summed E-state index contributed by atoms with van der Waals surface area (Å²) in [5.74, 6) is -0.406. The fraction of sp³-hybridized carbons (Fsp3) is 0.0952. The van der Waals surface area contributed by atoms with Crippen LogP contribution < -0.4 is 10.9 Å². The van der Waals surface area contributed by atoms with Crippen LogP contribution in [0.4, 0.5) is 0 Å². The minimum Gasteiger partial charge on any atom is -0.345 e. The van der Waals surface area contributed by atoms with Crippen molar-refractivity contribution >= 4 is 23.2 Å². The fourth-order valence-electron chi connectivity index (χ4n) is 3.06. The molecule has 4 rings (SSSR count). The lowest BCUT2D eigenvalue weighted by Gasteiger charge is -2.12. The van der Waals surface area contributed by atoms with Gasteiger partial charge in [0.05, 0.1) is 17.9 Å². The van der Waals surface area contributed by atoms with Crippen molar-refractivity contribution < 1.29 is 4.79 Å². The third kappa shape index (κ3) is 3.85. The largest absolute Gasteiger partial charge is 0.345 e. The van der Waals surface area contributed by atoms with Gasteiger partial charge < -0.3 is 5.32 Å². The number of hydrogen-bond acceptors (Lipinski definition) is 5. The van der Waals surface area contributed by atoms with Crippen molar-refractivity contribution in [3.05, 3.63) is 94.7 Å². The molecule has 9 heteroatoms. The maximum absolute atomic E-state index is 13.1. The summed E-state index contributed by atoms with van der Waals surface area (Å²) in [4.78, 5) is 37.7. The molecule has 0 saturated heterocycles. The van der Waals surface area contributed by atoms with Crippen LogP contribution in [-0.4, -0.2) is 29.8 Å². The first-order valence-corrected chi connectivity index (χ1v) is 9.47. The van der Waals surface area contributed by atoms with Crippen molar-refractivity contribution in [1.82, 2.24) is 29.2 Å². The second kappa shape index (κ2) is 8.30. The second-order valence-corrected chi connectivity index (χ2v) is 6.91. The summed E-state index contributed by atoms with van der Waals surface area (Å²) in [5.41, 5.74) is 2.03. The summed E-state index contributed by atoms with van der Waals surface area (Å²) in [6, 6.07) is 8.91. The minimum absolute atomic E-state index is 0.134. The topological polar surface area (TPSA) is 94.2 Å². The van der Waals surface area contributed by atoms with Gasteiger partial charge in [-0.05, 0) is 18.2 Å². The molecule has 1 N–H and O–H groups in total. The predicted molar refractivity (Wildman–Crippen MR) is 113 cm³/mol. The number of fused-ring (bicyclic) bond motifs is 1. The number of hydrogen-bond donors (Lipinski definition) is 1. The molecule has 1 amide bonds. The highest BCUT2D eigenvalue weighted by atomic mass is 35.5. The molecule has 0 atom stereocenters. The van der Waals surface area contributed by atoms with Gasteiger partial charge in [-0.2, -0.15) is 0 Å². The van der Waals surface area contributed by atoms with Crippen LogP contribution in [0.2, 0.25) is 5.02 Å². The first kappa shape index (κ1) is 19.5. The van der Waals surface area contributed by atoms with Crippen LogP contribution in [0.25, 0.3) is 16.9 Å². The van der Waals surface area contributed by atoms with E-state index in [1.54, 1.807) is 45.6 Å². The van der Waals surface area contributed by atoms with Gasteiger partial charge in [-0.15, -0.1) is 6.58 Å². The molecule has 0 bridgehead atoms. The molecule has 0 radical (unpaired) electrons. The molecular formula is C21H17ClN6O2. The highest BCUT2D eigenvalue weighted by Crippen LogP contribution is 2.22. The zero-order valence-corrected chi connectivity index (χ0v) is 16.6. The summed E-state index contributed by atoms with van der Waals surface area (Å²) in [6.45, 7) is 4.25. The van der Waals surface area contributed by atoms with Crippen molar-refractivity contribution in [2.75, 3.05) is 0 Å². The van der Waals surface area contributed by atoms with Crippen LogP contribution in [0.5, 0.6) is 0 Å². The number of halogens is 1. The standard InChI is InChI=1S/C21H17ClN6O2/c1-2-8-28-18(14-4-3-5-15(22)9-14)12-27-11-17(26-19(27)21(28)30)20(29)24-10-16-6-7-23-13-25-16/h2-7,9,11-13H,1,8,10H2,(H,24,29). The Morgan fingerprint density at radius 2 is 2.13 bits per heavy atom. The summed E-state index contributed by atoms with van der Waals surface area (Å²) in [5, 5.41) is 3.30. The number of carbonyl (C=O) groups excluding carboxylic acids is 1. The molecule has 0 fully saturated rings. The smallest absolute Gasteiger partial charge is 0.295 e. The van der Waals surface area contributed by atoms with Crippen molar-refractivity contribution in [3.63, 3.8) is 0 Å². The Morgan fingerprint density at radius 3 is 2.87 bits per heavy atom. The van der Waals surface area contributed by atoms with Gasteiger partial charge >= 0.3 is 0 Å².